The molecule has 2 aliphatic rings. The number of ether oxygens (including phenoxy) is 1. The lowest BCUT2D eigenvalue weighted by Gasteiger charge is -2.37. The van der Waals surface area contributed by atoms with Crippen molar-refractivity contribution in [2.45, 2.75) is 45.5 Å². The Morgan fingerprint density at radius 3 is 2.17 bits per heavy atom. The molecule has 5 aromatic rings. The van der Waals surface area contributed by atoms with Crippen LogP contribution >= 0.6 is 23.4 Å². The average Bonchev–Trinajstić information content (AvgIpc) is 3.37. The van der Waals surface area contributed by atoms with Crippen LogP contribution in [0.4, 0.5) is 35.0 Å². The van der Waals surface area contributed by atoms with E-state index in [0.717, 1.165) is 33.1 Å². The van der Waals surface area contributed by atoms with Gasteiger partial charge in [0.1, 0.15) is 11.4 Å². The quantitative estimate of drug-likeness (QED) is 0.0669. The zero-order chi connectivity index (χ0) is 51.6. The largest absolute Gasteiger partial charge is 0.501 e. The Balaban J connectivity index is 1.03. The number of nitrogens with one attached hydrogen (secondary N) is 2. The van der Waals surface area contributed by atoms with E-state index in [4.69, 9.17) is 16.3 Å². The fourth-order valence-corrected chi connectivity index (χ4v) is 11.5. The number of morpholine rings is 1. The number of sulfonamides is 1. The van der Waals surface area contributed by atoms with E-state index in [1.165, 1.54) is 30.9 Å². The Labute approximate surface area is 426 Å². The van der Waals surface area contributed by atoms with Crippen molar-refractivity contribution in [3.05, 3.63) is 132 Å². The molecule has 5 aromatic carbocycles. The van der Waals surface area contributed by atoms with Crippen LogP contribution in [0.1, 0.15) is 29.6 Å². The number of sulfone groups is 1. The monoisotopic (exact) mass is 1070 g/mol. The number of carbonyl (C=O) groups excluding carboxylic acids is 2. The van der Waals surface area contributed by atoms with E-state index in [1.807, 2.05) is 71.5 Å². The summed E-state index contributed by atoms with van der Waals surface area (Å²) in [4.78, 5) is 44.4. The molecule has 2 heterocycles. The summed E-state index contributed by atoms with van der Waals surface area (Å²) < 4.78 is 103. The van der Waals surface area contributed by atoms with Gasteiger partial charge in [0, 0.05) is 84.8 Å². The molecule has 3 N–H and O–H groups in total. The first-order valence-corrected chi connectivity index (χ1v) is 27.3. The van der Waals surface area contributed by atoms with Gasteiger partial charge in [-0.1, -0.05) is 60.1 Å². The van der Waals surface area contributed by atoms with E-state index in [2.05, 4.69) is 15.1 Å². The minimum absolute atomic E-state index is 0.0192. The third-order valence-electron chi connectivity index (χ3n) is 12.4. The summed E-state index contributed by atoms with van der Waals surface area (Å²) in [7, 11) is -9.69. The van der Waals surface area contributed by atoms with Crippen molar-refractivity contribution in [1.82, 2.24) is 14.5 Å². The topological polar surface area (TPSA) is 186 Å². The van der Waals surface area contributed by atoms with Crippen molar-refractivity contribution in [2.24, 2.45) is 5.92 Å². The summed E-state index contributed by atoms with van der Waals surface area (Å²) in [5.74, 6) is -1.13. The molecule has 7 rings (SSSR count). The second kappa shape index (κ2) is 23.8. The first kappa shape index (κ1) is 53.9. The van der Waals surface area contributed by atoms with Crippen molar-refractivity contribution < 1.29 is 54.2 Å². The van der Waals surface area contributed by atoms with Gasteiger partial charge in [0.25, 0.3) is 25.8 Å². The second-order valence-corrected chi connectivity index (χ2v) is 22.5. The van der Waals surface area contributed by atoms with E-state index in [0.29, 0.717) is 100.0 Å². The number of piperidine rings is 1. The van der Waals surface area contributed by atoms with Crippen molar-refractivity contribution in [3.8, 4) is 11.1 Å². The van der Waals surface area contributed by atoms with Crippen molar-refractivity contribution in [2.75, 3.05) is 86.9 Å². The Morgan fingerprint density at radius 2 is 1.51 bits per heavy atom. The highest BCUT2D eigenvalue weighted by molar-refractivity contribution is 7.99. The highest BCUT2D eigenvalue weighted by Crippen LogP contribution is 2.38. The van der Waals surface area contributed by atoms with Crippen LogP contribution in [0.15, 0.2) is 136 Å². The third-order valence-corrected chi connectivity index (χ3v) is 16.7. The van der Waals surface area contributed by atoms with Crippen molar-refractivity contribution in [1.29, 1.82) is 0 Å². The van der Waals surface area contributed by atoms with E-state index in [-0.39, 0.29) is 18.0 Å². The van der Waals surface area contributed by atoms with Crippen molar-refractivity contribution in [3.63, 3.8) is 0 Å². The molecule has 0 bridgehead atoms. The minimum Gasteiger partial charge on any atom is -0.465 e. The zero-order valence-corrected chi connectivity index (χ0v) is 42.3. The zero-order valence-electron chi connectivity index (χ0n) is 39.1. The van der Waals surface area contributed by atoms with Crippen LogP contribution in [0, 0.1) is 5.92 Å². The summed E-state index contributed by atoms with van der Waals surface area (Å²) >= 11 is 7.58. The molecule has 0 spiro atoms. The van der Waals surface area contributed by atoms with Crippen LogP contribution in [0.25, 0.3) is 11.1 Å². The molecule has 22 heteroatoms. The first-order chi connectivity index (χ1) is 34.3. The maximum Gasteiger partial charge on any atom is 0.501 e. The normalized spacial score (nSPS) is 15.4. The number of likely N-dealkylation sites (N-methyl/N-ethyl adjacent to an activating group) is 1. The molecular weight excluding hydrogens is 1020 g/mol. The molecule has 0 aliphatic carbocycles. The second-order valence-electron chi connectivity index (χ2n) is 17.4. The predicted molar refractivity (Wildman–Crippen MR) is 272 cm³/mol. The number of alkyl halides is 3. The van der Waals surface area contributed by atoms with Crippen molar-refractivity contribution >= 4 is 78.2 Å². The number of benzene rings is 5. The highest BCUT2D eigenvalue weighted by atomic mass is 35.5. The Bertz CT molecular complexity index is 2910. The summed E-state index contributed by atoms with van der Waals surface area (Å²) in [6.07, 6.45) is 0.460. The summed E-state index contributed by atoms with van der Waals surface area (Å²) in [5.41, 5.74) is -3.37. The molecule has 0 unspecified atom stereocenters. The standard InChI is InChI=1S/C50H54ClF3N6O9S3/c1-57(49(63)64)33-47(61)60(45-10-6-5-9-43(45)36-11-15-38(51)16-12-36)32-35-21-25-59(26-22-35)40-17-13-37(14-18-40)48(62)56-72(67,68)42-19-20-44(46(31-42)71(65,66)50(52,53)54)55-39(23-24-58-27-29-69-30-28-58)34-70-41-7-3-2-4-8-41/h2-20,31,35,39,55H,21-30,32-34H2,1H3,(H,56,62)(H,63,64)/t39-/m1/s1. The molecule has 2 fully saturated rings. The lowest BCUT2D eigenvalue weighted by atomic mass is 9.94. The van der Waals surface area contributed by atoms with Gasteiger partial charge in [-0.05, 0) is 104 Å². The van der Waals surface area contributed by atoms with Gasteiger partial charge in [0.2, 0.25) is 5.91 Å². The van der Waals surface area contributed by atoms with Crippen LogP contribution < -0.4 is 19.8 Å². The summed E-state index contributed by atoms with van der Waals surface area (Å²) in [6.45, 7) is 3.95. The first-order valence-electron chi connectivity index (χ1n) is 23.0. The fourth-order valence-electron chi connectivity index (χ4n) is 8.40. The van der Waals surface area contributed by atoms with E-state index in [9.17, 15) is 49.5 Å². The van der Waals surface area contributed by atoms with Crippen LogP contribution in [0.2, 0.25) is 5.02 Å². The molecule has 0 saturated carbocycles. The highest BCUT2D eigenvalue weighted by Gasteiger charge is 2.48. The Morgan fingerprint density at radius 1 is 0.861 bits per heavy atom. The summed E-state index contributed by atoms with van der Waals surface area (Å²) in [5, 5.41) is 13.1. The smallest absolute Gasteiger partial charge is 0.465 e. The van der Waals surface area contributed by atoms with E-state index < -0.39 is 64.8 Å². The fraction of sp³-hybridized carbons (Fsp3) is 0.340. The molecule has 384 valence electrons. The van der Waals surface area contributed by atoms with Gasteiger partial charge in [-0.15, -0.1) is 11.8 Å². The third kappa shape index (κ3) is 13.8. The van der Waals surface area contributed by atoms with E-state index >= 15 is 0 Å². The average molecular weight is 1070 g/mol. The number of amides is 3. The minimum atomic E-state index is -6.10. The number of thioether (sulfide) groups is 1. The van der Waals surface area contributed by atoms with Gasteiger partial charge in [0.15, 0.2) is 0 Å². The summed E-state index contributed by atoms with van der Waals surface area (Å²) in [6, 6.07) is 31.7. The van der Waals surface area contributed by atoms with Gasteiger partial charge in [-0.25, -0.2) is 26.4 Å². The number of anilines is 3. The lowest BCUT2D eigenvalue weighted by Crippen LogP contribution is -2.45. The molecule has 2 saturated heterocycles. The number of halogens is 4. The van der Waals surface area contributed by atoms with Gasteiger partial charge in [0.05, 0.1) is 29.5 Å². The van der Waals surface area contributed by atoms with Crippen LogP contribution in [-0.4, -0.2) is 133 Å². The molecule has 72 heavy (non-hydrogen) atoms. The van der Waals surface area contributed by atoms with Crippen LogP contribution in [0.5, 0.6) is 0 Å². The van der Waals surface area contributed by atoms with Gasteiger partial charge >= 0.3 is 11.6 Å². The molecule has 1 atom stereocenters. The number of carbonyl (C=O) groups is 3. The van der Waals surface area contributed by atoms with Crippen LogP contribution in [-0.2, 0) is 29.4 Å². The van der Waals surface area contributed by atoms with Crippen LogP contribution in [0.3, 0.4) is 0 Å². The van der Waals surface area contributed by atoms with Gasteiger partial charge in [-0.2, -0.15) is 13.2 Å². The number of rotatable bonds is 19. The Kier molecular flexibility index (Phi) is 17.8. The number of carboxylic acid groups (broad SMARTS) is 1. The Hall–Kier alpha value is -5.84. The molecular formula is C50H54ClF3N6O9S3. The SMILES string of the molecule is CN(CC(=O)N(CC1CCN(c2ccc(C(=O)NS(=O)(=O)c3ccc(N[C@H](CCN4CCOCC4)CSc4ccccc4)c(S(=O)(=O)C(F)(F)F)c3)cc2)CC1)c1ccccc1-c1ccc(Cl)cc1)C(=O)O. The predicted octanol–water partition coefficient (Wildman–Crippen LogP) is 8.57. The molecule has 2 aliphatic heterocycles. The number of para-hydroxylation sites is 1. The lowest BCUT2D eigenvalue weighted by molar-refractivity contribution is -0.119. The molecule has 15 nitrogen and oxygen atoms in total. The van der Waals surface area contributed by atoms with Gasteiger partial charge < -0.3 is 29.9 Å². The molecule has 3 amide bonds. The molecule has 0 aromatic heterocycles. The molecule has 0 radical (unpaired) electrons. The number of hydrogen-bond acceptors (Lipinski definition) is 12. The maximum absolute atomic E-state index is 14.2. The van der Waals surface area contributed by atoms with Gasteiger partial charge in [-0.3, -0.25) is 14.5 Å². The number of nitrogens with zero attached hydrogens (tertiary/aromatic N) is 4. The number of hydrogen-bond donors (Lipinski definition) is 3. The van der Waals surface area contributed by atoms with E-state index in [1.54, 1.807) is 29.2 Å². The maximum atomic E-state index is 14.2.